The summed E-state index contributed by atoms with van der Waals surface area (Å²) in [5.74, 6) is 1.08. The molecule has 1 N–H and O–H groups in total. The first-order chi connectivity index (χ1) is 6.04. The van der Waals surface area contributed by atoms with Crippen LogP contribution in [-0.4, -0.2) is 0 Å². The molecule has 0 radical (unpaired) electrons. The number of hydrogen-bond donors (Lipinski definition) is 1. The molecular weight excluding hydrogens is 158 g/mol. The largest absolute Gasteiger partial charge is 0.365 e. The molecule has 1 heteroatoms. The van der Waals surface area contributed by atoms with E-state index in [1.54, 1.807) is 0 Å². The van der Waals surface area contributed by atoms with Gasteiger partial charge < -0.3 is 5.32 Å². The van der Waals surface area contributed by atoms with Gasteiger partial charge in [-0.3, -0.25) is 0 Å². The molecular formula is C12H19N. The summed E-state index contributed by atoms with van der Waals surface area (Å²) in [6.07, 6.45) is 4.02. The highest BCUT2D eigenvalue weighted by Gasteiger charge is 2.17. The van der Waals surface area contributed by atoms with Crippen LogP contribution < -0.4 is 5.32 Å². The third-order valence-electron chi connectivity index (χ3n) is 2.31. The minimum atomic E-state index is 0.541. The van der Waals surface area contributed by atoms with Gasteiger partial charge in [-0.05, 0) is 29.1 Å². The Hall–Kier alpha value is -0.980. The second kappa shape index (κ2) is 3.82. The Morgan fingerprint density at radius 2 is 1.77 bits per heavy atom. The molecule has 13 heavy (non-hydrogen) atoms. The van der Waals surface area contributed by atoms with E-state index >= 15 is 0 Å². The number of nitrogens with one attached hydrogen (secondary N) is 1. The highest BCUT2D eigenvalue weighted by atomic mass is 14.9. The van der Waals surface area contributed by atoms with Crippen molar-refractivity contribution in [3.63, 3.8) is 0 Å². The zero-order chi connectivity index (χ0) is 10.0. The van der Waals surface area contributed by atoms with Gasteiger partial charge in [0.15, 0.2) is 0 Å². The topological polar surface area (TPSA) is 12.0 Å². The highest BCUT2D eigenvalue weighted by molar-refractivity contribution is 5.45. The molecule has 1 aliphatic heterocycles. The zero-order valence-corrected chi connectivity index (χ0v) is 9.02. The number of dihydropyridines is 1. The minimum Gasteiger partial charge on any atom is -0.365 e. The van der Waals surface area contributed by atoms with Gasteiger partial charge in [-0.2, -0.15) is 0 Å². The fraction of sp³-hybridized carbons (Fsp3) is 0.500. The SMILES string of the molecule is C=C1C=CNC(C(C)C)=C1C(C)C. The van der Waals surface area contributed by atoms with Crippen molar-refractivity contribution in [2.75, 3.05) is 0 Å². The molecule has 0 aromatic rings. The van der Waals surface area contributed by atoms with Crippen LogP contribution in [0.1, 0.15) is 27.7 Å². The van der Waals surface area contributed by atoms with Crippen molar-refractivity contribution in [1.29, 1.82) is 0 Å². The molecule has 0 saturated carbocycles. The van der Waals surface area contributed by atoms with E-state index in [-0.39, 0.29) is 0 Å². The Bertz CT molecular complexity index is 267. The molecule has 0 aromatic heterocycles. The zero-order valence-electron chi connectivity index (χ0n) is 9.02. The van der Waals surface area contributed by atoms with Crippen LogP contribution in [0, 0.1) is 11.8 Å². The fourth-order valence-corrected chi connectivity index (χ4v) is 1.73. The summed E-state index contributed by atoms with van der Waals surface area (Å²) < 4.78 is 0. The molecule has 1 aliphatic rings. The lowest BCUT2D eigenvalue weighted by Gasteiger charge is -2.25. The molecule has 0 spiro atoms. The Labute approximate surface area is 81.2 Å². The normalized spacial score (nSPS) is 17.2. The van der Waals surface area contributed by atoms with Crippen LogP contribution in [0.4, 0.5) is 0 Å². The maximum absolute atomic E-state index is 4.06. The maximum Gasteiger partial charge on any atom is 0.0213 e. The summed E-state index contributed by atoms with van der Waals surface area (Å²) in [6, 6.07) is 0. The van der Waals surface area contributed by atoms with Gasteiger partial charge in [0.25, 0.3) is 0 Å². The van der Waals surface area contributed by atoms with E-state index < -0.39 is 0 Å². The van der Waals surface area contributed by atoms with Gasteiger partial charge in [0.2, 0.25) is 0 Å². The summed E-state index contributed by atoms with van der Waals surface area (Å²) >= 11 is 0. The van der Waals surface area contributed by atoms with Gasteiger partial charge in [-0.25, -0.2) is 0 Å². The van der Waals surface area contributed by atoms with Gasteiger partial charge in [0.05, 0.1) is 0 Å². The van der Waals surface area contributed by atoms with Crippen LogP contribution in [0.5, 0.6) is 0 Å². The fourth-order valence-electron chi connectivity index (χ4n) is 1.73. The van der Waals surface area contributed by atoms with Crippen LogP contribution >= 0.6 is 0 Å². The van der Waals surface area contributed by atoms with E-state index in [0.29, 0.717) is 11.8 Å². The van der Waals surface area contributed by atoms with Gasteiger partial charge in [0, 0.05) is 11.9 Å². The van der Waals surface area contributed by atoms with Gasteiger partial charge >= 0.3 is 0 Å². The summed E-state index contributed by atoms with van der Waals surface area (Å²) in [5.41, 5.74) is 3.84. The second-order valence-corrected chi connectivity index (χ2v) is 4.14. The predicted molar refractivity (Wildman–Crippen MR) is 58.1 cm³/mol. The van der Waals surface area contributed by atoms with Crippen molar-refractivity contribution in [2.24, 2.45) is 11.8 Å². The summed E-state index contributed by atoms with van der Waals surface area (Å²) in [7, 11) is 0. The van der Waals surface area contributed by atoms with E-state index in [0.717, 1.165) is 5.57 Å². The number of rotatable bonds is 2. The van der Waals surface area contributed by atoms with Crippen LogP contribution in [0.3, 0.4) is 0 Å². The first kappa shape index (κ1) is 10.1. The van der Waals surface area contributed by atoms with Crippen molar-refractivity contribution < 1.29 is 0 Å². The molecule has 0 atom stereocenters. The lowest BCUT2D eigenvalue weighted by atomic mass is 9.88. The van der Waals surface area contributed by atoms with Crippen molar-refractivity contribution in [3.8, 4) is 0 Å². The van der Waals surface area contributed by atoms with E-state index in [1.165, 1.54) is 11.3 Å². The Morgan fingerprint density at radius 1 is 1.15 bits per heavy atom. The second-order valence-electron chi connectivity index (χ2n) is 4.14. The van der Waals surface area contributed by atoms with Crippen LogP contribution in [-0.2, 0) is 0 Å². The third kappa shape index (κ3) is 2.03. The summed E-state index contributed by atoms with van der Waals surface area (Å²) in [5, 5.41) is 3.32. The monoisotopic (exact) mass is 177 g/mol. The average Bonchev–Trinajstić information content (AvgIpc) is 2.02. The predicted octanol–water partition coefficient (Wildman–Crippen LogP) is 3.23. The van der Waals surface area contributed by atoms with Crippen LogP contribution in [0.2, 0.25) is 0 Å². The molecule has 1 nitrogen and oxygen atoms in total. The van der Waals surface area contributed by atoms with E-state index in [1.807, 2.05) is 12.3 Å². The Balaban J connectivity index is 3.07. The van der Waals surface area contributed by atoms with Gasteiger partial charge in [0.1, 0.15) is 0 Å². The molecule has 0 bridgehead atoms. The van der Waals surface area contributed by atoms with Crippen LogP contribution in [0.25, 0.3) is 0 Å². The van der Waals surface area contributed by atoms with Crippen molar-refractivity contribution >= 4 is 0 Å². The van der Waals surface area contributed by atoms with Gasteiger partial charge in [-0.1, -0.05) is 34.3 Å². The quantitative estimate of drug-likeness (QED) is 0.683. The average molecular weight is 177 g/mol. The Morgan fingerprint density at radius 3 is 2.15 bits per heavy atom. The molecule has 72 valence electrons. The van der Waals surface area contributed by atoms with E-state index in [9.17, 15) is 0 Å². The highest BCUT2D eigenvalue weighted by Crippen LogP contribution is 2.28. The van der Waals surface area contributed by atoms with E-state index in [4.69, 9.17) is 0 Å². The summed E-state index contributed by atoms with van der Waals surface area (Å²) in [4.78, 5) is 0. The first-order valence-electron chi connectivity index (χ1n) is 4.90. The molecule has 0 fully saturated rings. The van der Waals surface area contributed by atoms with Crippen LogP contribution in [0.15, 0.2) is 35.7 Å². The standard InChI is InChI=1S/C12H19N/c1-8(2)11-10(5)6-7-13-12(11)9(3)4/h6-9,13H,5H2,1-4H3. The lowest BCUT2D eigenvalue weighted by Crippen LogP contribution is -2.20. The molecule has 0 aliphatic carbocycles. The maximum atomic E-state index is 4.06. The van der Waals surface area contributed by atoms with E-state index in [2.05, 4.69) is 39.6 Å². The van der Waals surface area contributed by atoms with Crippen molar-refractivity contribution in [3.05, 3.63) is 35.7 Å². The third-order valence-corrected chi connectivity index (χ3v) is 2.31. The summed E-state index contributed by atoms with van der Waals surface area (Å²) in [6.45, 7) is 12.9. The first-order valence-corrected chi connectivity index (χ1v) is 4.90. The Kier molecular flexibility index (Phi) is 2.97. The molecule has 0 aromatic carbocycles. The molecule has 0 unspecified atom stereocenters. The van der Waals surface area contributed by atoms with Gasteiger partial charge in [-0.15, -0.1) is 0 Å². The van der Waals surface area contributed by atoms with Crippen molar-refractivity contribution in [1.82, 2.24) is 5.32 Å². The van der Waals surface area contributed by atoms with Crippen molar-refractivity contribution in [2.45, 2.75) is 27.7 Å². The molecule has 0 saturated heterocycles. The minimum absolute atomic E-state index is 0.541. The molecule has 1 heterocycles. The lowest BCUT2D eigenvalue weighted by molar-refractivity contribution is 0.654. The number of hydrogen-bond acceptors (Lipinski definition) is 1. The molecule has 1 rings (SSSR count). The number of allylic oxidation sites excluding steroid dienone is 4. The molecule has 0 amide bonds. The smallest absolute Gasteiger partial charge is 0.0213 e.